The van der Waals surface area contributed by atoms with E-state index in [-0.39, 0.29) is 5.91 Å². The first-order valence-corrected chi connectivity index (χ1v) is 10.2. The predicted molar refractivity (Wildman–Crippen MR) is 102 cm³/mol. The molecule has 1 saturated carbocycles. The highest BCUT2D eigenvalue weighted by Crippen LogP contribution is 2.45. The number of rotatable bonds is 3. The van der Waals surface area contributed by atoms with Crippen molar-refractivity contribution >= 4 is 5.91 Å². The van der Waals surface area contributed by atoms with Crippen LogP contribution >= 0.6 is 0 Å². The van der Waals surface area contributed by atoms with Gasteiger partial charge in [0.1, 0.15) is 0 Å². The van der Waals surface area contributed by atoms with Crippen molar-refractivity contribution in [2.24, 2.45) is 5.41 Å². The maximum Gasteiger partial charge on any atom is 0.276 e. The van der Waals surface area contributed by atoms with E-state index in [0.717, 1.165) is 44.8 Å². The zero-order chi connectivity index (χ0) is 18.3. The van der Waals surface area contributed by atoms with Gasteiger partial charge in [0, 0.05) is 32.2 Å². The SMILES string of the molecule is O=C(c1cc(CN2CCc3ccccc3C2)on1)N1CCC2(CCCC2)C1. The van der Waals surface area contributed by atoms with E-state index in [1.54, 1.807) is 0 Å². The highest BCUT2D eigenvalue weighted by molar-refractivity contribution is 5.92. The van der Waals surface area contributed by atoms with Crippen LogP contribution in [0.15, 0.2) is 34.9 Å². The zero-order valence-corrected chi connectivity index (χ0v) is 15.8. The Kier molecular flexibility index (Phi) is 4.27. The normalized spacial score (nSPS) is 21.7. The zero-order valence-electron chi connectivity index (χ0n) is 15.8. The molecule has 5 heteroatoms. The van der Waals surface area contributed by atoms with Gasteiger partial charge in [-0.2, -0.15) is 0 Å². The Morgan fingerprint density at radius 3 is 2.78 bits per heavy atom. The van der Waals surface area contributed by atoms with E-state index in [1.807, 2.05) is 11.0 Å². The van der Waals surface area contributed by atoms with Crippen molar-refractivity contribution in [2.45, 2.75) is 51.6 Å². The first kappa shape index (κ1) is 17.0. The van der Waals surface area contributed by atoms with Crippen molar-refractivity contribution in [1.82, 2.24) is 15.0 Å². The van der Waals surface area contributed by atoms with Crippen molar-refractivity contribution in [3.8, 4) is 0 Å². The molecule has 1 spiro atoms. The lowest BCUT2D eigenvalue weighted by Gasteiger charge is -2.27. The molecule has 2 aromatic rings. The number of carbonyl (C=O) groups is 1. The molecule has 27 heavy (non-hydrogen) atoms. The lowest BCUT2D eigenvalue weighted by molar-refractivity contribution is 0.0762. The van der Waals surface area contributed by atoms with Gasteiger partial charge in [-0.1, -0.05) is 42.3 Å². The van der Waals surface area contributed by atoms with Crippen LogP contribution in [0.25, 0.3) is 0 Å². The maximum atomic E-state index is 12.8. The van der Waals surface area contributed by atoms with Crippen LogP contribution in [-0.4, -0.2) is 40.5 Å². The minimum atomic E-state index is 0.0396. The maximum absolute atomic E-state index is 12.8. The fraction of sp³-hybridized carbons (Fsp3) is 0.545. The van der Waals surface area contributed by atoms with Gasteiger partial charge in [-0.15, -0.1) is 0 Å². The summed E-state index contributed by atoms with van der Waals surface area (Å²) in [5.74, 6) is 0.824. The number of aromatic nitrogens is 1. The molecule has 0 radical (unpaired) electrons. The van der Waals surface area contributed by atoms with Gasteiger partial charge < -0.3 is 9.42 Å². The van der Waals surface area contributed by atoms with E-state index in [0.29, 0.717) is 17.7 Å². The Bertz CT molecular complexity index is 838. The van der Waals surface area contributed by atoms with Crippen LogP contribution in [0, 0.1) is 5.41 Å². The van der Waals surface area contributed by atoms with Crippen molar-refractivity contribution in [3.05, 3.63) is 52.9 Å². The molecule has 2 aliphatic heterocycles. The van der Waals surface area contributed by atoms with Crippen LogP contribution in [0.3, 0.4) is 0 Å². The number of hydrogen-bond donors (Lipinski definition) is 0. The average Bonchev–Trinajstić information content (AvgIpc) is 3.44. The van der Waals surface area contributed by atoms with Gasteiger partial charge in [0.15, 0.2) is 11.5 Å². The van der Waals surface area contributed by atoms with Crippen molar-refractivity contribution < 1.29 is 9.32 Å². The number of carbonyl (C=O) groups excluding carboxylic acids is 1. The molecule has 142 valence electrons. The monoisotopic (exact) mass is 365 g/mol. The summed E-state index contributed by atoms with van der Waals surface area (Å²) in [5, 5.41) is 4.09. The standard InChI is InChI=1S/C22H27N3O2/c26-21(25-12-10-22(16-25)8-3-4-9-22)20-13-19(27-23-20)15-24-11-7-17-5-1-2-6-18(17)14-24/h1-2,5-6,13H,3-4,7-12,14-16H2. The average molecular weight is 365 g/mol. The van der Waals surface area contributed by atoms with E-state index >= 15 is 0 Å². The van der Waals surface area contributed by atoms with Gasteiger partial charge in [0.25, 0.3) is 5.91 Å². The third-order valence-corrected chi connectivity index (χ3v) is 6.76. The van der Waals surface area contributed by atoms with E-state index in [4.69, 9.17) is 4.52 Å². The van der Waals surface area contributed by atoms with Crippen molar-refractivity contribution in [1.29, 1.82) is 0 Å². The fourth-order valence-electron chi connectivity index (χ4n) is 5.20. The first-order valence-electron chi connectivity index (χ1n) is 10.2. The number of hydrogen-bond acceptors (Lipinski definition) is 4. The number of fused-ring (bicyclic) bond motifs is 1. The Morgan fingerprint density at radius 1 is 1.11 bits per heavy atom. The molecule has 2 fully saturated rings. The van der Waals surface area contributed by atoms with Gasteiger partial charge in [-0.05, 0) is 42.2 Å². The quantitative estimate of drug-likeness (QED) is 0.833. The molecule has 0 atom stereocenters. The summed E-state index contributed by atoms with van der Waals surface area (Å²) in [5.41, 5.74) is 3.69. The molecule has 5 rings (SSSR count). The second-order valence-electron chi connectivity index (χ2n) is 8.59. The highest BCUT2D eigenvalue weighted by Gasteiger charge is 2.42. The molecule has 0 N–H and O–H groups in total. The Balaban J connectivity index is 1.22. The molecule has 3 heterocycles. The van der Waals surface area contributed by atoms with Gasteiger partial charge >= 0.3 is 0 Å². The van der Waals surface area contributed by atoms with Crippen LogP contribution in [0.4, 0.5) is 0 Å². The minimum absolute atomic E-state index is 0.0396. The summed E-state index contributed by atoms with van der Waals surface area (Å²) in [4.78, 5) is 17.2. The summed E-state index contributed by atoms with van der Waals surface area (Å²) in [6.45, 7) is 4.41. The van der Waals surface area contributed by atoms with Gasteiger partial charge in [-0.3, -0.25) is 9.69 Å². The Hall–Kier alpha value is -2.14. The molecule has 1 saturated heterocycles. The van der Waals surface area contributed by atoms with Crippen LogP contribution in [-0.2, 0) is 19.5 Å². The molecular formula is C22H27N3O2. The molecular weight excluding hydrogens is 338 g/mol. The van der Waals surface area contributed by atoms with Crippen molar-refractivity contribution in [3.63, 3.8) is 0 Å². The summed E-state index contributed by atoms with van der Waals surface area (Å²) >= 11 is 0. The third kappa shape index (κ3) is 3.29. The highest BCUT2D eigenvalue weighted by atomic mass is 16.5. The van der Waals surface area contributed by atoms with Crippen molar-refractivity contribution in [2.75, 3.05) is 19.6 Å². The predicted octanol–water partition coefficient (Wildman–Crippen LogP) is 3.64. The molecule has 3 aliphatic rings. The third-order valence-electron chi connectivity index (χ3n) is 6.76. The minimum Gasteiger partial charge on any atom is -0.359 e. The van der Waals surface area contributed by atoms with Gasteiger partial charge in [0.05, 0.1) is 6.54 Å². The Morgan fingerprint density at radius 2 is 1.93 bits per heavy atom. The van der Waals surface area contributed by atoms with Crippen LogP contribution < -0.4 is 0 Å². The molecule has 5 nitrogen and oxygen atoms in total. The molecule has 1 aromatic carbocycles. The number of likely N-dealkylation sites (tertiary alicyclic amines) is 1. The molecule has 0 unspecified atom stereocenters. The topological polar surface area (TPSA) is 49.6 Å². The first-order chi connectivity index (χ1) is 13.2. The summed E-state index contributed by atoms with van der Waals surface area (Å²) in [7, 11) is 0. The van der Waals surface area contributed by atoms with Gasteiger partial charge in [-0.25, -0.2) is 0 Å². The Labute approximate surface area is 160 Å². The van der Waals surface area contributed by atoms with Crippen LogP contribution in [0.2, 0.25) is 0 Å². The smallest absolute Gasteiger partial charge is 0.276 e. The molecule has 1 aliphatic carbocycles. The van der Waals surface area contributed by atoms with E-state index < -0.39 is 0 Å². The van der Waals surface area contributed by atoms with E-state index in [2.05, 4.69) is 34.3 Å². The lowest BCUT2D eigenvalue weighted by atomic mass is 9.86. The lowest BCUT2D eigenvalue weighted by Crippen LogP contribution is -2.31. The van der Waals surface area contributed by atoms with E-state index in [1.165, 1.54) is 36.8 Å². The molecule has 1 amide bonds. The number of benzene rings is 1. The summed E-state index contributed by atoms with van der Waals surface area (Å²) in [6.07, 6.45) is 7.39. The second kappa shape index (κ2) is 6.79. The number of amides is 1. The van der Waals surface area contributed by atoms with Gasteiger partial charge in [0.2, 0.25) is 0 Å². The van der Waals surface area contributed by atoms with Crippen LogP contribution in [0.1, 0.15) is 59.5 Å². The fourth-order valence-corrected chi connectivity index (χ4v) is 5.20. The second-order valence-corrected chi connectivity index (χ2v) is 8.59. The molecule has 1 aromatic heterocycles. The summed E-state index contributed by atoms with van der Waals surface area (Å²) in [6, 6.07) is 10.5. The van der Waals surface area contributed by atoms with E-state index in [9.17, 15) is 4.79 Å². The summed E-state index contributed by atoms with van der Waals surface area (Å²) < 4.78 is 5.51. The van der Waals surface area contributed by atoms with Crippen LogP contribution in [0.5, 0.6) is 0 Å². The largest absolute Gasteiger partial charge is 0.359 e. The molecule has 0 bridgehead atoms. The number of nitrogens with zero attached hydrogens (tertiary/aromatic N) is 3.